The smallest absolute Gasteiger partial charge is 0.383 e. The molecular weight excluding hydrogens is 388 g/mol. The predicted molar refractivity (Wildman–Crippen MR) is 98.9 cm³/mol. The van der Waals surface area contributed by atoms with E-state index in [0.29, 0.717) is 6.42 Å². The van der Waals surface area contributed by atoms with E-state index in [9.17, 15) is 30.3 Å². The molecule has 1 aromatic heterocycles. The van der Waals surface area contributed by atoms with E-state index in [-0.39, 0.29) is 34.8 Å². The van der Waals surface area contributed by atoms with Crippen LogP contribution in [-0.4, -0.2) is 69.5 Å². The average molecular weight is 412 g/mol. The Kier molecular flexibility index (Phi) is 6.60. The number of unbranched alkanes of at least 4 members (excludes halogenated alkanes) is 1. The number of fused-ring (bicyclic) bond motifs is 1. The largest absolute Gasteiger partial charge is 0.504 e. The minimum absolute atomic E-state index is 0.0115. The number of aliphatic hydroxyl groups excluding tert-OH is 4. The van der Waals surface area contributed by atoms with Gasteiger partial charge in [-0.1, -0.05) is 13.3 Å². The number of rotatable bonds is 7. The monoisotopic (exact) mass is 412 g/mol. The molecular formula is C19H24O10. The fourth-order valence-corrected chi connectivity index (χ4v) is 2.97. The van der Waals surface area contributed by atoms with Gasteiger partial charge in [-0.2, -0.15) is 0 Å². The number of aliphatic hydroxyl groups is 4. The van der Waals surface area contributed by atoms with Crippen LogP contribution in [0.3, 0.4) is 0 Å². The molecule has 10 nitrogen and oxygen atoms in total. The van der Waals surface area contributed by atoms with Crippen LogP contribution < -0.4 is 15.1 Å². The molecule has 10 heteroatoms. The summed E-state index contributed by atoms with van der Waals surface area (Å²) >= 11 is 0. The highest BCUT2D eigenvalue weighted by molar-refractivity contribution is 5.86. The van der Waals surface area contributed by atoms with Gasteiger partial charge in [0.25, 0.3) is 0 Å². The maximum absolute atomic E-state index is 12.1. The summed E-state index contributed by atoms with van der Waals surface area (Å²) in [6.07, 6.45) is -5.62. The molecule has 5 atom stereocenters. The van der Waals surface area contributed by atoms with Crippen molar-refractivity contribution in [3.05, 3.63) is 28.6 Å². The quantitative estimate of drug-likeness (QED) is 0.306. The summed E-state index contributed by atoms with van der Waals surface area (Å²) in [5, 5.41) is 49.5. The maximum atomic E-state index is 12.1. The Morgan fingerprint density at radius 1 is 1.14 bits per heavy atom. The van der Waals surface area contributed by atoms with Gasteiger partial charge < -0.3 is 44.2 Å². The second-order valence-electron chi connectivity index (χ2n) is 6.74. The van der Waals surface area contributed by atoms with Gasteiger partial charge in [0, 0.05) is 6.07 Å². The Morgan fingerprint density at radius 2 is 1.90 bits per heavy atom. The fourth-order valence-electron chi connectivity index (χ4n) is 2.97. The summed E-state index contributed by atoms with van der Waals surface area (Å²) in [4.78, 5) is 12.1. The third-order valence-electron chi connectivity index (χ3n) is 4.66. The molecule has 1 aromatic carbocycles. The van der Waals surface area contributed by atoms with Crippen LogP contribution in [0.2, 0.25) is 0 Å². The van der Waals surface area contributed by atoms with Crippen molar-refractivity contribution < 1.29 is 44.2 Å². The van der Waals surface area contributed by atoms with Gasteiger partial charge in [-0.3, -0.25) is 0 Å². The third kappa shape index (κ3) is 4.31. The topological polar surface area (TPSA) is 159 Å². The van der Waals surface area contributed by atoms with Crippen LogP contribution in [0.1, 0.15) is 19.8 Å². The molecule has 1 aliphatic rings. The predicted octanol–water partition coefficient (Wildman–Crippen LogP) is -0.144. The van der Waals surface area contributed by atoms with Crippen LogP contribution >= 0.6 is 0 Å². The van der Waals surface area contributed by atoms with Crippen molar-refractivity contribution in [3.8, 4) is 17.2 Å². The van der Waals surface area contributed by atoms with Gasteiger partial charge in [-0.25, -0.2) is 4.79 Å². The molecule has 1 saturated heterocycles. The molecule has 2 aromatic rings. The van der Waals surface area contributed by atoms with E-state index in [2.05, 4.69) is 0 Å². The molecule has 2 heterocycles. The first kappa shape index (κ1) is 21.3. The second kappa shape index (κ2) is 8.97. The van der Waals surface area contributed by atoms with Crippen molar-refractivity contribution in [1.82, 2.24) is 0 Å². The van der Waals surface area contributed by atoms with Crippen molar-refractivity contribution >= 4 is 11.0 Å². The van der Waals surface area contributed by atoms with E-state index < -0.39 is 42.9 Å². The molecule has 5 N–H and O–H groups in total. The van der Waals surface area contributed by atoms with Crippen LogP contribution in [0, 0.1) is 0 Å². The van der Waals surface area contributed by atoms with Gasteiger partial charge in [0.05, 0.1) is 18.6 Å². The Bertz CT molecular complexity index is 892. The summed E-state index contributed by atoms with van der Waals surface area (Å²) < 4.78 is 21.3. The molecule has 0 aliphatic carbocycles. The zero-order chi connectivity index (χ0) is 21.1. The molecule has 0 spiro atoms. The SMILES string of the molecule is CCCCOc1c(O)c2ccc(O[C@@H]3O[C@H](CO)[C@@H](O)[C@H](O)[C@@H]3O)cc2oc1=O. The Hall–Kier alpha value is -2.37. The lowest BCUT2D eigenvalue weighted by molar-refractivity contribution is -0.277. The summed E-state index contributed by atoms with van der Waals surface area (Å²) in [7, 11) is 0. The van der Waals surface area contributed by atoms with Gasteiger partial charge in [-0.15, -0.1) is 0 Å². The van der Waals surface area contributed by atoms with Crippen LogP contribution in [0.4, 0.5) is 0 Å². The van der Waals surface area contributed by atoms with Crippen LogP contribution in [-0.2, 0) is 4.74 Å². The highest BCUT2D eigenvalue weighted by atomic mass is 16.7. The van der Waals surface area contributed by atoms with E-state index in [0.717, 1.165) is 6.42 Å². The van der Waals surface area contributed by atoms with Crippen LogP contribution in [0.5, 0.6) is 17.2 Å². The number of aromatic hydroxyl groups is 1. The molecule has 0 unspecified atom stereocenters. The van der Waals surface area contributed by atoms with E-state index in [1.807, 2.05) is 6.92 Å². The maximum Gasteiger partial charge on any atom is 0.383 e. The zero-order valence-electron chi connectivity index (χ0n) is 15.7. The van der Waals surface area contributed by atoms with Gasteiger partial charge in [0.2, 0.25) is 12.0 Å². The molecule has 1 aliphatic heterocycles. The van der Waals surface area contributed by atoms with Gasteiger partial charge in [0.1, 0.15) is 35.7 Å². The van der Waals surface area contributed by atoms with E-state index >= 15 is 0 Å². The summed E-state index contributed by atoms with van der Waals surface area (Å²) in [5.41, 5.74) is -0.839. The fraction of sp³-hybridized carbons (Fsp3) is 0.526. The molecule has 1 fully saturated rings. The summed E-state index contributed by atoms with van der Waals surface area (Å²) in [6, 6.07) is 4.16. The molecule has 160 valence electrons. The minimum atomic E-state index is -1.59. The summed E-state index contributed by atoms with van der Waals surface area (Å²) in [6.45, 7) is 1.63. The zero-order valence-corrected chi connectivity index (χ0v) is 15.7. The van der Waals surface area contributed by atoms with Crippen molar-refractivity contribution in [3.63, 3.8) is 0 Å². The molecule has 0 saturated carbocycles. The lowest BCUT2D eigenvalue weighted by Crippen LogP contribution is -2.60. The standard InChI is InChI=1S/C19H24O10/c1-2-3-6-26-17-13(21)10-5-4-9(7-11(10)28-18(17)25)27-19-16(24)15(23)14(22)12(8-20)29-19/h4-5,7,12,14-16,19-24H,2-3,6,8H2,1H3/t12-,14-,15+,16+,19-/m1/s1. The van der Waals surface area contributed by atoms with E-state index in [4.69, 9.17) is 18.6 Å². The summed E-state index contributed by atoms with van der Waals surface area (Å²) in [5.74, 6) is -0.524. The lowest BCUT2D eigenvalue weighted by Gasteiger charge is -2.39. The van der Waals surface area contributed by atoms with Crippen molar-refractivity contribution in [2.75, 3.05) is 13.2 Å². The molecule has 0 bridgehead atoms. The number of hydrogen-bond acceptors (Lipinski definition) is 10. The first-order valence-electron chi connectivity index (χ1n) is 9.27. The first-order valence-corrected chi connectivity index (χ1v) is 9.27. The highest BCUT2D eigenvalue weighted by Gasteiger charge is 2.44. The third-order valence-corrected chi connectivity index (χ3v) is 4.66. The Morgan fingerprint density at radius 3 is 2.59 bits per heavy atom. The Balaban J connectivity index is 1.84. The average Bonchev–Trinajstić information content (AvgIpc) is 2.70. The number of benzene rings is 1. The lowest BCUT2D eigenvalue weighted by atomic mass is 9.99. The van der Waals surface area contributed by atoms with Crippen molar-refractivity contribution in [2.45, 2.75) is 50.5 Å². The number of hydrogen-bond donors (Lipinski definition) is 5. The molecule has 29 heavy (non-hydrogen) atoms. The number of ether oxygens (including phenoxy) is 3. The van der Waals surface area contributed by atoms with Gasteiger partial charge >= 0.3 is 5.63 Å². The molecule has 3 rings (SSSR count). The highest BCUT2D eigenvalue weighted by Crippen LogP contribution is 2.34. The molecule has 0 radical (unpaired) electrons. The van der Waals surface area contributed by atoms with Crippen LogP contribution in [0.15, 0.2) is 27.4 Å². The van der Waals surface area contributed by atoms with Crippen molar-refractivity contribution in [2.24, 2.45) is 0 Å². The van der Waals surface area contributed by atoms with Gasteiger partial charge in [0.15, 0.2) is 5.75 Å². The Labute approximate surface area is 165 Å². The first-order chi connectivity index (χ1) is 13.9. The minimum Gasteiger partial charge on any atom is -0.504 e. The van der Waals surface area contributed by atoms with E-state index in [1.165, 1.54) is 18.2 Å². The van der Waals surface area contributed by atoms with Crippen molar-refractivity contribution in [1.29, 1.82) is 0 Å². The molecule has 0 amide bonds. The van der Waals surface area contributed by atoms with Gasteiger partial charge in [-0.05, 0) is 18.6 Å². The van der Waals surface area contributed by atoms with Crippen LogP contribution in [0.25, 0.3) is 11.0 Å². The second-order valence-corrected chi connectivity index (χ2v) is 6.74. The van der Waals surface area contributed by atoms with E-state index in [1.54, 1.807) is 0 Å². The normalized spacial score (nSPS) is 27.1.